The van der Waals surface area contributed by atoms with Crippen molar-refractivity contribution in [1.29, 1.82) is 0 Å². The number of ether oxygens (including phenoxy) is 1. The van der Waals surface area contributed by atoms with Gasteiger partial charge < -0.3 is 14.3 Å². The van der Waals surface area contributed by atoms with Gasteiger partial charge in [0.2, 0.25) is 5.88 Å². The molecule has 0 radical (unpaired) electrons. The summed E-state index contributed by atoms with van der Waals surface area (Å²) < 4.78 is 7.88. The lowest BCUT2D eigenvalue weighted by Crippen LogP contribution is -2.00. The van der Waals surface area contributed by atoms with E-state index < -0.39 is 0 Å². The van der Waals surface area contributed by atoms with Crippen molar-refractivity contribution in [3.05, 3.63) is 52.4 Å². The number of fused-ring (bicyclic) bond motifs is 1. The van der Waals surface area contributed by atoms with Crippen molar-refractivity contribution in [2.24, 2.45) is 0 Å². The zero-order valence-electron chi connectivity index (χ0n) is 11.4. The Bertz CT molecular complexity index is 802. The number of hydrogen-bond acceptors (Lipinski definition) is 3. The fraction of sp³-hybridized carbons (Fsp3) is 0.200. The Kier molecular flexibility index (Phi) is 3.28. The highest BCUT2D eigenvalue weighted by Gasteiger charge is 2.07. The zero-order valence-corrected chi connectivity index (χ0v) is 12.2. The van der Waals surface area contributed by atoms with E-state index in [0.29, 0.717) is 12.4 Å². The first-order chi connectivity index (χ1) is 9.69. The van der Waals surface area contributed by atoms with Crippen LogP contribution in [-0.2, 0) is 6.54 Å². The number of methoxy groups -OCH3 is 1. The molecule has 1 aromatic carbocycles. The van der Waals surface area contributed by atoms with Gasteiger partial charge in [0.1, 0.15) is 0 Å². The third-order valence-corrected chi connectivity index (χ3v) is 3.69. The summed E-state index contributed by atoms with van der Waals surface area (Å²) in [5.41, 5.74) is 4.49. The molecule has 0 bridgehead atoms. The number of aromatic nitrogens is 3. The molecule has 102 valence electrons. The van der Waals surface area contributed by atoms with E-state index in [0.717, 1.165) is 21.4 Å². The number of imidazole rings is 1. The van der Waals surface area contributed by atoms with E-state index in [9.17, 15) is 0 Å². The van der Waals surface area contributed by atoms with Crippen LogP contribution in [0, 0.1) is 11.7 Å². The van der Waals surface area contributed by atoms with E-state index in [4.69, 9.17) is 17.0 Å². The van der Waals surface area contributed by atoms with Gasteiger partial charge in [-0.1, -0.05) is 18.2 Å². The number of nitrogens with zero attached hydrogens (tertiary/aromatic N) is 2. The number of nitrogens with one attached hydrogen (secondary N) is 1. The van der Waals surface area contributed by atoms with Gasteiger partial charge in [0.05, 0.1) is 24.7 Å². The Hall–Kier alpha value is -2.14. The molecule has 3 aromatic rings. The Morgan fingerprint density at radius 1 is 1.30 bits per heavy atom. The van der Waals surface area contributed by atoms with E-state index in [-0.39, 0.29) is 0 Å². The van der Waals surface area contributed by atoms with Gasteiger partial charge >= 0.3 is 0 Å². The number of pyridine rings is 1. The number of para-hydroxylation sites is 1. The summed E-state index contributed by atoms with van der Waals surface area (Å²) >= 11 is 5.42. The van der Waals surface area contributed by atoms with Gasteiger partial charge in [-0.2, -0.15) is 0 Å². The predicted molar refractivity (Wildman–Crippen MR) is 81.8 cm³/mol. The quantitative estimate of drug-likeness (QED) is 0.749. The van der Waals surface area contributed by atoms with Gasteiger partial charge in [-0.25, -0.2) is 4.98 Å². The van der Waals surface area contributed by atoms with E-state index in [1.54, 1.807) is 7.11 Å². The summed E-state index contributed by atoms with van der Waals surface area (Å²) in [4.78, 5) is 7.50. The third-order valence-electron chi connectivity index (χ3n) is 3.37. The van der Waals surface area contributed by atoms with Crippen LogP contribution in [0.25, 0.3) is 11.0 Å². The second-order valence-corrected chi connectivity index (χ2v) is 5.08. The minimum Gasteiger partial charge on any atom is -0.481 e. The average molecular weight is 285 g/mol. The second kappa shape index (κ2) is 5.09. The van der Waals surface area contributed by atoms with Crippen molar-refractivity contribution in [2.45, 2.75) is 13.5 Å². The van der Waals surface area contributed by atoms with E-state index in [2.05, 4.69) is 33.6 Å². The van der Waals surface area contributed by atoms with E-state index in [1.165, 1.54) is 5.56 Å². The molecule has 0 saturated carbocycles. The average Bonchev–Trinajstić information content (AvgIpc) is 2.78. The molecule has 0 amide bonds. The first kappa shape index (κ1) is 12.9. The summed E-state index contributed by atoms with van der Waals surface area (Å²) in [5.74, 6) is 0.618. The largest absolute Gasteiger partial charge is 0.481 e. The lowest BCUT2D eigenvalue weighted by molar-refractivity contribution is 0.397. The van der Waals surface area contributed by atoms with Crippen molar-refractivity contribution < 1.29 is 4.74 Å². The van der Waals surface area contributed by atoms with Gasteiger partial charge in [-0.05, 0) is 36.3 Å². The normalized spacial score (nSPS) is 10.9. The summed E-state index contributed by atoms with van der Waals surface area (Å²) in [7, 11) is 1.61. The zero-order chi connectivity index (χ0) is 14.1. The van der Waals surface area contributed by atoms with Gasteiger partial charge in [-0.3, -0.25) is 0 Å². The summed E-state index contributed by atoms with van der Waals surface area (Å²) in [6, 6.07) is 10.1. The molecule has 0 aliphatic rings. The van der Waals surface area contributed by atoms with Crippen LogP contribution in [0.2, 0.25) is 0 Å². The van der Waals surface area contributed by atoms with Crippen LogP contribution in [-0.4, -0.2) is 21.6 Å². The van der Waals surface area contributed by atoms with Crippen LogP contribution in [0.3, 0.4) is 0 Å². The monoisotopic (exact) mass is 285 g/mol. The summed E-state index contributed by atoms with van der Waals surface area (Å²) in [6.07, 6.45) is 1.81. The van der Waals surface area contributed by atoms with Crippen molar-refractivity contribution in [3.8, 4) is 5.88 Å². The molecule has 0 spiro atoms. The van der Waals surface area contributed by atoms with Crippen molar-refractivity contribution >= 4 is 23.3 Å². The van der Waals surface area contributed by atoms with Gasteiger partial charge in [0.15, 0.2) is 4.77 Å². The van der Waals surface area contributed by atoms with Crippen LogP contribution in [0.5, 0.6) is 5.88 Å². The number of H-pyrrole nitrogens is 1. The molecule has 4 nitrogen and oxygen atoms in total. The van der Waals surface area contributed by atoms with Crippen LogP contribution in [0.4, 0.5) is 0 Å². The number of aryl methyl sites for hydroxylation is 1. The van der Waals surface area contributed by atoms with E-state index in [1.807, 2.05) is 24.4 Å². The molecule has 3 rings (SSSR count). The molecule has 5 heteroatoms. The summed E-state index contributed by atoms with van der Waals surface area (Å²) in [5, 5.41) is 0. The number of benzene rings is 1. The standard InChI is InChI=1S/C15H15N3OS/c1-10-4-3-5-12-14(10)17-15(20)18(12)9-11-6-7-13(19-2)16-8-11/h3-8H,9H2,1-2H3,(H,17,20). The summed E-state index contributed by atoms with van der Waals surface area (Å²) in [6.45, 7) is 2.77. The molecule has 20 heavy (non-hydrogen) atoms. The fourth-order valence-electron chi connectivity index (χ4n) is 2.29. The van der Waals surface area contributed by atoms with Gasteiger partial charge in [0, 0.05) is 12.3 Å². The van der Waals surface area contributed by atoms with Crippen molar-refractivity contribution in [1.82, 2.24) is 14.5 Å². The highest BCUT2D eigenvalue weighted by atomic mass is 32.1. The lowest BCUT2D eigenvalue weighted by Gasteiger charge is -2.06. The SMILES string of the molecule is COc1ccc(Cn2c(=S)[nH]c3c(C)cccc32)cn1. The van der Waals surface area contributed by atoms with Crippen LogP contribution >= 0.6 is 12.2 Å². The molecule has 2 aromatic heterocycles. The number of hydrogen-bond donors (Lipinski definition) is 1. The van der Waals surface area contributed by atoms with Crippen molar-refractivity contribution in [2.75, 3.05) is 7.11 Å². The van der Waals surface area contributed by atoms with Crippen molar-refractivity contribution in [3.63, 3.8) is 0 Å². The van der Waals surface area contributed by atoms with Gasteiger partial charge in [-0.15, -0.1) is 0 Å². The fourth-order valence-corrected chi connectivity index (χ4v) is 2.55. The van der Waals surface area contributed by atoms with Crippen LogP contribution < -0.4 is 4.74 Å². The Balaban J connectivity index is 2.04. The molecule has 0 fully saturated rings. The molecule has 0 aliphatic carbocycles. The minimum absolute atomic E-state index is 0.618. The van der Waals surface area contributed by atoms with Crippen LogP contribution in [0.15, 0.2) is 36.5 Å². The maximum Gasteiger partial charge on any atom is 0.212 e. The first-order valence-corrected chi connectivity index (χ1v) is 6.77. The Morgan fingerprint density at radius 2 is 2.15 bits per heavy atom. The minimum atomic E-state index is 0.618. The molecule has 0 atom stereocenters. The number of rotatable bonds is 3. The lowest BCUT2D eigenvalue weighted by atomic mass is 10.2. The molecule has 0 aliphatic heterocycles. The molecular weight excluding hydrogens is 270 g/mol. The Morgan fingerprint density at radius 3 is 2.85 bits per heavy atom. The first-order valence-electron chi connectivity index (χ1n) is 6.36. The predicted octanol–water partition coefficient (Wildman–Crippen LogP) is 3.46. The molecular formula is C15H15N3OS. The van der Waals surface area contributed by atoms with Gasteiger partial charge in [0.25, 0.3) is 0 Å². The molecule has 1 N–H and O–H groups in total. The number of aromatic amines is 1. The maximum atomic E-state index is 5.42. The topological polar surface area (TPSA) is 42.8 Å². The second-order valence-electron chi connectivity index (χ2n) is 4.69. The highest BCUT2D eigenvalue weighted by Crippen LogP contribution is 2.19. The molecule has 0 unspecified atom stereocenters. The molecule has 0 saturated heterocycles. The molecule has 2 heterocycles. The third kappa shape index (κ3) is 2.20. The Labute approximate surface area is 122 Å². The maximum absolute atomic E-state index is 5.42. The smallest absolute Gasteiger partial charge is 0.212 e. The van der Waals surface area contributed by atoms with Crippen LogP contribution in [0.1, 0.15) is 11.1 Å². The van der Waals surface area contributed by atoms with E-state index >= 15 is 0 Å². The highest BCUT2D eigenvalue weighted by molar-refractivity contribution is 7.71.